The van der Waals surface area contributed by atoms with Crippen molar-refractivity contribution >= 4 is 17.7 Å². The molecule has 0 aliphatic carbocycles. The lowest BCUT2D eigenvalue weighted by atomic mass is 10.1. The van der Waals surface area contributed by atoms with Gasteiger partial charge in [-0.05, 0) is 37.5 Å². The minimum Gasteiger partial charge on any atom is -0.462 e. The van der Waals surface area contributed by atoms with Crippen LogP contribution in [-0.4, -0.2) is 58.9 Å². The number of piperidine rings is 1. The molecule has 178 valence electrons. The summed E-state index contributed by atoms with van der Waals surface area (Å²) in [5.74, 6) is -0.404. The number of aromatic nitrogens is 2. The van der Waals surface area contributed by atoms with E-state index in [2.05, 4.69) is 27.4 Å². The average molecular weight is 463 g/mol. The van der Waals surface area contributed by atoms with Gasteiger partial charge in [0.2, 0.25) is 5.91 Å². The van der Waals surface area contributed by atoms with Crippen LogP contribution in [0.15, 0.2) is 66.9 Å². The van der Waals surface area contributed by atoms with Crippen molar-refractivity contribution in [3.8, 4) is 5.69 Å². The Bertz CT molecular complexity index is 1080. The molecule has 1 aliphatic heterocycles. The van der Waals surface area contributed by atoms with E-state index < -0.39 is 5.97 Å². The first-order valence-corrected chi connectivity index (χ1v) is 11.6. The highest BCUT2D eigenvalue weighted by Crippen LogP contribution is 2.22. The monoisotopic (exact) mass is 462 g/mol. The smallest absolute Gasteiger partial charge is 0.343 e. The summed E-state index contributed by atoms with van der Waals surface area (Å²) in [7, 11) is 0. The minimum atomic E-state index is -0.517. The number of nitrogens with one attached hydrogen (secondary N) is 1. The zero-order valence-electron chi connectivity index (χ0n) is 19.4. The number of ether oxygens (including phenoxy) is 2. The number of benzene rings is 2. The van der Waals surface area contributed by atoms with E-state index in [4.69, 9.17) is 9.47 Å². The Kier molecular flexibility index (Phi) is 8.06. The summed E-state index contributed by atoms with van der Waals surface area (Å²) in [5, 5.41) is 7.21. The van der Waals surface area contributed by atoms with Gasteiger partial charge in [-0.1, -0.05) is 48.5 Å². The Balaban J connectivity index is 1.34. The number of amides is 1. The van der Waals surface area contributed by atoms with Gasteiger partial charge in [-0.25, -0.2) is 9.48 Å². The van der Waals surface area contributed by atoms with Gasteiger partial charge in [0.05, 0.1) is 37.7 Å². The molecule has 1 aliphatic rings. The molecular formula is C26H30N4O4. The van der Waals surface area contributed by atoms with Gasteiger partial charge >= 0.3 is 5.97 Å². The summed E-state index contributed by atoms with van der Waals surface area (Å²) in [6, 6.07) is 19.5. The molecule has 0 atom stereocenters. The Hall–Kier alpha value is -3.49. The van der Waals surface area contributed by atoms with E-state index in [9.17, 15) is 9.59 Å². The normalized spacial score (nSPS) is 14.6. The summed E-state index contributed by atoms with van der Waals surface area (Å²) in [6.45, 7) is 4.36. The van der Waals surface area contributed by atoms with Crippen LogP contribution in [0.3, 0.4) is 0 Å². The highest BCUT2D eigenvalue weighted by molar-refractivity contribution is 6.01. The zero-order chi connectivity index (χ0) is 23.8. The Morgan fingerprint density at radius 3 is 2.38 bits per heavy atom. The molecule has 34 heavy (non-hydrogen) atoms. The molecular weight excluding hydrogens is 432 g/mol. The zero-order valence-corrected chi connectivity index (χ0v) is 19.4. The van der Waals surface area contributed by atoms with E-state index in [-0.39, 0.29) is 30.7 Å². The van der Waals surface area contributed by atoms with Crippen LogP contribution in [0.25, 0.3) is 5.69 Å². The number of rotatable bonds is 9. The van der Waals surface area contributed by atoms with Crippen molar-refractivity contribution in [1.29, 1.82) is 0 Å². The molecule has 1 N–H and O–H groups in total. The first-order valence-electron chi connectivity index (χ1n) is 11.6. The van der Waals surface area contributed by atoms with Gasteiger partial charge in [0.1, 0.15) is 5.56 Å². The number of carbonyl (C=O) groups excluding carboxylic acids is 2. The van der Waals surface area contributed by atoms with Crippen molar-refractivity contribution < 1.29 is 19.1 Å². The standard InChI is InChI=1S/C26H30N4O4/c1-2-33-26(32)23-17-27-30(21-11-7-4-8-12-21)25(23)28-24(31)18-29-15-13-22(14-16-29)34-19-20-9-5-3-6-10-20/h3-12,17,22H,2,13-16,18-19H2,1H3,(H,28,31). The van der Waals surface area contributed by atoms with Crippen molar-refractivity contribution in [3.05, 3.63) is 78.0 Å². The molecule has 4 rings (SSSR count). The minimum absolute atomic E-state index is 0.189. The second-order valence-corrected chi connectivity index (χ2v) is 8.19. The number of likely N-dealkylation sites (tertiary alicyclic amines) is 1. The van der Waals surface area contributed by atoms with Gasteiger partial charge in [-0.15, -0.1) is 0 Å². The number of hydrogen-bond donors (Lipinski definition) is 1. The SMILES string of the molecule is CCOC(=O)c1cnn(-c2ccccc2)c1NC(=O)CN1CCC(OCc2ccccc2)CC1. The van der Waals surface area contributed by atoms with E-state index >= 15 is 0 Å². The quantitative estimate of drug-likeness (QED) is 0.489. The molecule has 2 aromatic carbocycles. The molecule has 3 aromatic rings. The van der Waals surface area contributed by atoms with E-state index in [1.165, 1.54) is 6.20 Å². The van der Waals surface area contributed by atoms with Crippen LogP contribution in [0.4, 0.5) is 5.82 Å². The fraction of sp³-hybridized carbons (Fsp3) is 0.346. The number of esters is 1. The first kappa shape index (κ1) is 23.7. The van der Waals surface area contributed by atoms with Crippen molar-refractivity contribution in [2.24, 2.45) is 0 Å². The Morgan fingerprint density at radius 1 is 1.03 bits per heavy atom. The van der Waals surface area contributed by atoms with Gasteiger partial charge in [0.25, 0.3) is 0 Å². The van der Waals surface area contributed by atoms with Gasteiger partial charge in [0.15, 0.2) is 5.82 Å². The van der Waals surface area contributed by atoms with Crippen LogP contribution in [0.1, 0.15) is 35.7 Å². The summed E-state index contributed by atoms with van der Waals surface area (Å²) in [4.78, 5) is 27.4. The first-order chi connectivity index (χ1) is 16.6. The molecule has 1 saturated heterocycles. The number of carbonyl (C=O) groups is 2. The number of para-hydroxylation sites is 1. The second kappa shape index (κ2) is 11.6. The van der Waals surface area contributed by atoms with Crippen LogP contribution in [-0.2, 0) is 20.9 Å². The fourth-order valence-corrected chi connectivity index (χ4v) is 3.99. The summed E-state index contributed by atoms with van der Waals surface area (Å²) in [5.41, 5.74) is 2.13. The largest absolute Gasteiger partial charge is 0.462 e. The summed E-state index contributed by atoms with van der Waals surface area (Å²) in [6.07, 6.45) is 3.36. The molecule has 1 aromatic heterocycles. The third kappa shape index (κ3) is 6.09. The molecule has 1 fully saturated rings. The summed E-state index contributed by atoms with van der Waals surface area (Å²) >= 11 is 0. The van der Waals surface area contributed by atoms with Crippen LogP contribution in [0, 0.1) is 0 Å². The molecule has 1 amide bonds. The maximum atomic E-state index is 12.9. The number of anilines is 1. The predicted octanol–water partition coefficient (Wildman–Crippen LogP) is 3.67. The fourth-order valence-electron chi connectivity index (χ4n) is 3.99. The average Bonchev–Trinajstić information content (AvgIpc) is 3.28. The summed E-state index contributed by atoms with van der Waals surface area (Å²) < 4.78 is 12.7. The van der Waals surface area contributed by atoms with E-state index in [0.717, 1.165) is 37.2 Å². The maximum Gasteiger partial charge on any atom is 0.343 e. The van der Waals surface area contributed by atoms with Gasteiger partial charge < -0.3 is 14.8 Å². The second-order valence-electron chi connectivity index (χ2n) is 8.19. The van der Waals surface area contributed by atoms with Crippen molar-refractivity contribution in [2.75, 3.05) is 31.6 Å². The highest BCUT2D eigenvalue weighted by Gasteiger charge is 2.24. The maximum absolute atomic E-state index is 12.9. The van der Waals surface area contributed by atoms with Crippen LogP contribution in [0.2, 0.25) is 0 Å². The molecule has 8 heteroatoms. The van der Waals surface area contributed by atoms with Gasteiger partial charge in [-0.3, -0.25) is 9.69 Å². The van der Waals surface area contributed by atoms with Crippen molar-refractivity contribution in [2.45, 2.75) is 32.5 Å². The number of nitrogens with zero attached hydrogens (tertiary/aromatic N) is 3. The molecule has 0 unspecified atom stereocenters. The lowest BCUT2D eigenvalue weighted by Crippen LogP contribution is -2.41. The van der Waals surface area contributed by atoms with Crippen LogP contribution < -0.4 is 5.32 Å². The van der Waals surface area contributed by atoms with Gasteiger partial charge in [0, 0.05) is 13.1 Å². The van der Waals surface area contributed by atoms with E-state index in [1.807, 2.05) is 48.5 Å². The predicted molar refractivity (Wildman–Crippen MR) is 129 cm³/mol. The number of hydrogen-bond acceptors (Lipinski definition) is 6. The van der Waals surface area contributed by atoms with Crippen LogP contribution >= 0.6 is 0 Å². The molecule has 2 heterocycles. The van der Waals surface area contributed by atoms with Gasteiger partial charge in [-0.2, -0.15) is 5.10 Å². The molecule has 0 spiro atoms. The Labute approximate surface area is 199 Å². The van der Waals surface area contributed by atoms with E-state index in [1.54, 1.807) is 11.6 Å². The Morgan fingerprint density at radius 2 is 1.71 bits per heavy atom. The molecule has 0 bridgehead atoms. The highest BCUT2D eigenvalue weighted by atomic mass is 16.5. The van der Waals surface area contributed by atoms with E-state index in [0.29, 0.717) is 12.4 Å². The molecule has 8 nitrogen and oxygen atoms in total. The lowest BCUT2D eigenvalue weighted by molar-refractivity contribution is -0.118. The van der Waals surface area contributed by atoms with Crippen molar-refractivity contribution in [3.63, 3.8) is 0 Å². The molecule has 0 saturated carbocycles. The lowest BCUT2D eigenvalue weighted by Gasteiger charge is -2.31. The molecule has 0 radical (unpaired) electrons. The van der Waals surface area contributed by atoms with Crippen molar-refractivity contribution in [1.82, 2.24) is 14.7 Å². The van der Waals surface area contributed by atoms with Crippen LogP contribution in [0.5, 0.6) is 0 Å². The topological polar surface area (TPSA) is 85.7 Å². The third-order valence-corrected chi connectivity index (χ3v) is 5.75. The third-order valence-electron chi connectivity index (χ3n) is 5.75.